The van der Waals surface area contributed by atoms with Crippen molar-refractivity contribution >= 4 is 17.5 Å². The highest BCUT2D eigenvalue weighted by Crippen LogP contribution is 2.30. The maximum absolute atomic E-state index is 12.3. The lowest BCUT2D eigenvalue weighted by Gasteiger charge is -2.32. The van der Waals surface area contributed by atoms with Gasteiger partial charge in [0.05, 0.1) is 12.5 Å². The molecule has 2 atom stereocenters. The van der Waals surface area contributed by atoms with Crippen LogP contribution in [-0.4, -0.2) is 32.0 Å². The molecule has 2 heterocycles. The molecule has 0 saturated carbocycles. The molecule has 118 valence electrons. The van der Waals surface area contributed by atoms with Crippen LogP contribution in [0.5, 0.6) is 0 Å². The Hall–Kier alpha value is -1.88. The quantitative estimate of drug-likeness (QED) is 0.879. The lowest BCUT2D eigenvalue weighted by molar-refractivity contribution is -0.127. The van der Waals surface area contributed by atoms with Gasteiger partial charge in [-0.2, -0.15) is 0 Å². The molecule has 1 fully saturated rings. The number of carbonyl (C=O) groups excluding carboxylic acids is 2. The van der Waals surface area contributed by atoms with Gasteiger partial charge >= 0.3 is 0 Å². The average Bonchev–Trinajstić information content (AvgIpc) is 2.71. The summed E-state index contributed by atoms with van der Waals surface area (Å²) in [7, 11) is 1.80. The van der Waals surface area contributed by atoms with Gasteiger partial charge in [-0.05, 0) is 43.1 Å². The Bertz CT molecular complexity index is 610. The molecule has 22 heavy (non-hydrogen) atoms. The monoisotopic (exact) mass is 301 g/mol. The van der Waals surface area contributed by atoms with Crippen molar-refractivity contribution in [1.82, 2.24) is 10.6 Å². The van der Waals surface area contributed by atoms with Crippen molar-refractivity contribution in [3.8, 4) is 0 Å². The van der Waals surface area contributed by atoms with Crippen molar-refractivity contribution in [2.75, 3.05) is 25.0 Å². The van der Waals surface area contributed by atoms with E-state index in [1.165, 1.54) is 0 Å². The lowest BCUT2D eigenvalue weighted by atomic mass is 9.88. The third-order valence-electron chi connectivity index (χ3n) is 4.97. The first-order valence-electron chi connectivity index (χ1n) is 7.88. The number of nitrogens with one attached hydrogen (secondary N) is 2. The molecule has 1 aromatic carbocycles. The first-order valence-corrected chi connectivity index (χ1v) is 7.88. The average molecular weight is 301 g/mol. The molecule has 1 aromatic rings. The summed E-state index contributed by atoms with van der Waals surface area (Å²) in [6.07, 6.45) is 0.449. The molecule has 0 spiro atoms. The van der Waals surface area contributed by atoms with Crippen LogP contribution < -0.4 is 15.5 Å². The van der Waals surface area contributed by atoms with Crippen LogP contribution >= 0.6 is 0 Å². The molecule has 0 radical (unpaired) electrons. The number of anilines is 1. The van der Waals surface area contributed by atoms with E-state index in [9.17, 15) is 9.59 Å². The van der Waals surface area contributed by atoms with Crippen LogP contribution in [0.15, 0.2) is 18.2 Å². The van der Waals surface area contributed by atoms with E-state index in [4.69, 9.17) is 0 Å². The predicted octanol–water partition coefficient (Wildman–Crippen LogP) is 1.24. The van der Waals surface area contributed by atoms with Gasteiger partial charge in [0.2, 0.25) is 11.8 Å². The summed E-state index contributed by atoms with van der Waals surface area (Å²) < 4.78 is 0. The summed E-state index contributed by atoms with van der Waals surface area (Å²) in [5.74, 6) is 0.701. The molecule has 2 amide bonds. The Morgan fingerprint density at radius 3 is 2.73 bits per heavy atom. The largest absolute Gasteiger partial charge is 0.349 e. The number of hydrogen-bond acceptors (Lipinski definition) is 3. The Labute approximate surface area is 131 Å². The van der Waals surface area contributed by atoms with Crippen molar-refractivity contribution in [2.45, 2.75) is 26.3 Å². The van der Waals surface area contributed by atoms with Crippen LogP contribution in [0.1, 0.15) is 31.0 Å². The molecule has 2 N–H and O–H groups in total. The van der Waals surface area contributed by atoms with Crippen molar-refractivity contribution < 1.29 is 9.59 Å². The van der Waals surface area contributed by atoms with Crippen molar-refractivity contribution in [1.29, 1.82) is 0 Å². The molecule has 2 aliphatic heterocycles. The third kappa shape index (κ3) is 2.61. The fourth-order valence-electron chi connectivity index (χ4n) is 3.07. The third-order valence-corrected chi connectivity index (χ3v) is 4.97. The first-order chi connectivity index (χ1) is 10.5. The maximum Gasteiger partial charge on any atom is 0.231 e. The fourth-order valence-corrected chi connectivity index (χ4v) is 3.07. The van der Waals surface area contributed by atoms with Crippen LogP contribution in [0.3, 0.4) is 0 Å². The molecule has 2 unspecified atom stereocenters. The zero-order chi connectivity index (χ0) is 15.9. The van der Waals surface area contributed by atoms with E-state index in [2.05, 4.69) is 10.6 Å². The molecular formula is C17H23N3O2. The number of nitrogens with zero attached hydrogens (tertiary/aromatic N) is 1. The Balaban J connectivity index is 1.68. The molecule has 2 aliphatic rings. The van der Waals surface area contributed by atoms with Gasteiger partial charge in [0.1, 0.15) is 0 Å². The van der Waals surface area contributed by atoms with Crippen LogP contribution in [0.2, 0.25) is 0 Å². The Morgan fingerprint density at radius 1 is 1.36 bits per heavy atom. The van der Waals surface area contributed by atoms with E-state index in [1.54, 1.807) is 11.9 Å². The fraction of sp³-hybridized carbons (Fsp3) is 0.529. The molecule has 0 aliphatic carbocycles. The summed E-state index contributed by atoms with van der Waals surface area (Å²) >= 11 is 0. The standard InChI is InChI=1S/C17H23N3O2/c1-10(14-8-18-9-14)17(22)19-11(2)12-4-5-15-13(6-12)7-16(21)20(15)3/h4-6,10-11,14,18H,7-9H2,1-3H3,(H,19,22). The summed E-state index contributed by atoms with van der Waals surface area (Å²) in [5.41, 5.74) is 3.07. The zero-order valence-electron chi connectivity index (χ0n) is 13.3. The second-order valence-corrected chi connectivity index (χ2v) is 6.45. The van der Waals surface area contributed by atoms with Gasteiger partial charge in [-0.1, -0.05) is 19.1 Å². The van der Waals surface area contributed by atoms with Crippen LogP contribution in [-0.2, 0) is 16.0 Å². The summed E-state index contributed by atoms with van der Waals surface area (Å²) in [6.45, 7) is 5.84. The number of benzene rings is 1. The van der Waals surface area contributed by atoms with E-state index >= 15 is 0 Å². The Morgan fingerprint density at radius 2 is 2.09 bits per heavy atom. The highest BCUT2D eigenvalue weighted by atomic mass is 16.2. The van der Waals surface area contributed by atoms with Crippen molar-refractivity contribution in [3.05, 3.63) is 29.3 Å². The normalized spacial score (nSPS) is 20.3. The summed E-state index contributed by atoms with van der Waals surface area (Å²) in [6, 6.07) is 5.96. The van der Waals surface area contributed by atoms with Crippen LogP contribution in [0.4, 0.5) is 5.69 Å². The second-order valence-electron chi connectivity index (χ2n) is 6.45. The number of amides is 2. The molecule has 0 aromatic heterocycles. The highest BCUT2D eigenvalue weighted by molar-refractivity contribution is 6.00. The number of rotatable bonds is 4. The van der Waals surface area contributed by atoms with E-state index in [1.807, 2.05) is 32.0 Å². The topological polar surface area (TPSA) is 61.4 Å². The molecule has 5 nitrogen and oxygen atoms in total. The van der Waals surface area contributed by atoms with E-state index < -0.39 is 0 Å². The first kappa shape index (κ1) is 15.0. The molecule has 0 bridgehead atoms. The van der Waals surface area contributed by atoms with E-state index in [0.717, 1.165) is 29.9 Å². The minimum Gasteiger partial charge on any atom is -0.349 e. The van der Waals surface area contributed by atoms with Crippen molar-refractivity contribution in [3.63, 3.8) is 0 Å². The predicted molar refractivity (Wildman–Crippen MR) is 85.6 cm³/mol. The van der Waals surface area contributed by atoms with Gasteiger partial charge in [0.25, 0.3) is 0 Å². The van der Waals surface area contributed by atoms with Gasteiger partial charge < -0.3 is 15.5 Å². The smallest absolute Gasteiger partial charge is 0.231 e. The molecule has 3 rings (SSSR count). The number of hydrogen-bond donors (Lipinski definition) is 2. The van der Waals surface area contributed by atoms with Gasteiger partial charge in [-0.25, -0.2) is 0 Å². The SMILES string of the molecule is CC(NC(=O)C(C)C1CNC1)c1ccc2c(c1)CC(=O)N2C. The molecule has 5 heteroatoms. The van der Waals surface area contributed by atoms with Crippen LogP contribution in [0.25, 0.3) is 0 Å². The lowest BCUT2D eigenvalue weighted by Crippen LogP contribution is -2.49. The highest BCUT2D eigenvalue weighted by Gasteiger charge is 2.30. The molecular weight excluding hydrogens is 278 g/mol. The zero-order valence-corrected chi connectivity index (χ0v) is 13.3. The molecule has 1 saturated heterocycles. The van der Waals surface area contributed by atoms with E-state index in [0.29, 0.717) is 12.3 Å². The summed E-state index contributed by atoms with van der Waals surface area (Å²) in [4.78, 5) is 25.7. The van der Waals surface area contributed by atoms with E-state index in [-0.39, 0.29) is 23.8 Å². The summed E-state index contributed by atoms with van der Waals surface area (Å²) in [5, 5.41) is 6.30. The van der Waals surface area contributed by atoms with Gasteiger partial charge in [-0.3, -0.25) is 9.59 Å². The minimum absolute atomic E-state index is 0.0332. The number of likely N-dealkylation sites (N-methyl/N-ethyl adjacent to an activating group) is 1. The van der Waals surface area contributed by atoms with Crippen molar-refractivity contribution in [2.24, 2.45) is 11.8 Å². The Kier molecular flexibility index (Phi) is 3.91. The minimum atomic E-state index is -0.0470. The second kappa shape index (κ2) is 5.72. The number of carbonyl (C=O) groups is 2. The van der Waals surface area contributed by atoms with Gasteiger partial charge in [-0.15, -0.1) is 0 Å². The van der Waals surface area contributed by atoms with Gasteiger partial charge in [0.15, 0.2) is 0 Å². The number of fused-ring (bicyclic) bond motifs is 1. The maximum atomic E-state index is 12.3. The van der Waals surface area contributed by atoms with Gasteiger partial charge in [0, 0.05) is 18.7 Å². The van der Waals surface area contributed by atoms with Crippen LogP contribution in [0, 0.1) is 11.8 Å².